The maximum absolute atomic E-state index is 14.3. The first-order valence-electron chi connectivity index (χ1n) is 31.1. The number of carboxylic acid groups (broad SMARTS) is 1. The van der Waals surface area contributed by atoms with E-state index in [-0.39, 0.29) is 70.5 Å². The predicted octanol–water partition coefficient (Wildman–Crippen LogP) is 9.70. The van der Waals surface area contributed by atoms with E-state index in [2.05, 4.69) is 25.2 Å². The van der Waals surface area contributed by atoms with Crippen molar-refractivity contribution in [2.45, 2.75) is 143 Å². The molecule has 0 saturated carbocycles. The third kappa shape index (κ3) is 38.5. The Morgan fingerprint density at radius 1 is 0.524 bits per heavy atom. The number of esters is 2. The van der Waals surface area contributed by atoms with Gasteiger partial charge in [-0.2, -0.15) is 5.26 Å². The van der Waals surface area contributed by atoms with Crippen LogP contribution in [0.4, 0.5) is 0 Å². The zero-order valence-corrected chi connectivity index (χ0v) is 51.5. The van der Waals surface area contributed by atoms with Crippen molar-refractivity contribution in [1.82, 2.24) is 5.32 Å². The van der Waals surface area contributed by atoms with Crippen molar-refractivity contribution in [1.29, 1.82) is 5.26 Å². The number of carboxylic acids is 1. The van der Waals surface area contributed by atoms with Gasteiger partial charge in [-0.05, 0) is 62.0 Å². The number of rotatable bonds is 58. The van der Waals surface area contributed by atoms with E-state index in [0.29, 0.717) is 125 Å². The lowest BCUT2D eigenvalue weighted by atomic mass is 9.70. The number of nitrogens with one attached hydrogen (secondary N) is 1. The molecule has 0 aliphatic rings. The molecule has 84 heavy (non-hydrogen) atoms. The number of benzene rings is 2. The van der Waals surface area contributed by atoms with Gasteiger partial charge in [-0.1, -0.05) is 146 Å². The van der Waals surface area contributed by atoms with Crippen LogP contribution in [0.3, 0.4) is 0 Å². The second-order valence-corrected chi connectivity index (χ2v) is 21.6. The second-order valence-electron chi connectivity index (χ2n) is 21.6. The molecule has 2 rings (SSSR count). The summed E-state index contributed by atoms with van der Waals surface area (Å²) in [4.78, 5) is 54.7. The number of aliphatic carboxylic acids is 1. The highest BCUT2D eigenvalue weighted by Crippen LogP contribution is 2.41. The summed E-state index contributed by atoms with van der Waals surface area (Å²) in [5.74, 6) is -6.25. The van der Waals surface area contributed by atoms with Crippen molar-refractivity contribution in [3.8, 4) is 6.07 Å². The fraction of sp³-hybridized carbons (Fsp3) is 0.738. The predicted molar refractivity (Wildman–Crippen MR) is 320 cm³/mol. The van der Waals surface area contributed by atoms with Gasteiger partial charge in [-0.15, -0.1) is 0 Å². The number of unbranched alkanes of at least 4 members (excludes halogenated alkanes) is 9. The number of nitrogens with zero attached hydrogens (tertiary/aromatic N) is 1. The first-order chi connectivity index (χ1) is 41.0. The minimum Gasteiger partial charge on any atom is -0.481 e. The molecular formula is C65H106N2O17. The molecular weight excluding hydrogens is 1080 g/mol. The van der Waals surface area contributed by atoms with Crippen LogP contribution in [-0.2, 0) is 77.8 Å². The van der Waals surface area contributed by atoms with Crippen LogP contribution in [0.2, 0.25) is 0 Å². The lowest BCUT2D eigenvalue weighted by molar-refractivity contribution is -0.154. The van der Waals surface area contributed by atoms with Gasteiger partial charge in [0.25, 0.3) is 0 Å². The lowest BCUT2D eigenvalue weighted by Crippen LogP contribution is -2.41. The zero-order chi connectivity index (χ0) is 61.0. The summed E-state index contributed by atoms with van der Waals surface area (Å²) >= 11 is 0. The Morgan fingerprint density at radius 3 is 1.39 bits per heavy atom. The van der Waals surface area contributed by atoms with E-state index in [1.54, 1.807) is 6.92 Å². The molecule has 19 heteroatoms. The highest BCUT2D eigenvalue weighted by molar-refractivity contribution is 5.82. The van der Waals surface area contributed by atoms with Gasteiger partial charge in [-0.25, -0.2) is 0 Å². The van der Waals surface area contributed by atoms with Crippen LogP contribution in [-0.4, -0.2) is 173 Å². The molecule has 0 fully saturated rings. The average molecular weight is 1190 g/mol. The van der Waals surface area contributed by atoms with Gasteiger partial charge in [0, 0.05) is 17.9 Å². The highest BCUT2D eigenvalue weighted by atomic mass is 16.6. The number of amides is 1. The molecule has 1 amide bonds. The summed E-state index contributed by atoms with van der Waals surface area (Å²) in [6.45, 7) is 15.4. The van der Waals surface area contributed by atoms with Crippen LogP contribution in [0.25, 0.3) is 0 Å². The number of aliphatic hydroxyl groups excluding tert-OH is 1. The van der Waals surface area contributed by atoms with Gasteiger partial charge in [0.1, 0.15) is 6.61 Å². The van der Waals surface area contributed by atoms with Gasteiger partial charge in [0.05, 0.1) is 156 Å². The van der Waals surface area contributed by atoms with Crippen LogP contribution in [0, 0.1) is 40.4 Å². The number of nitriles is 1. The smallest absolute Gasteiger partial charge is 0.308 e. The van der Waals surface area contributed by atoms with Gasteiger partial charge in [0.15, 0.2) is 0 Å². The van der Waals surface area contributed by atoms with Crippen LogP contribution < -0.4 is 5.32 Å². The monoisotopic (exact) mass is 1190 g/mol. The Balaban J connectivity index is 1.83. The topological polar surface area (TPSA) is 246 Å². The Bertz CT molecular complexity index is 1960. The second kappa shape index (κ2) is 51.6. The standard InChI is InChI=1S/C65H106N2O17/c1-5-7-8-9-10-11-12-13-14-21-27-83-63(72)60(49-59(61(69)70)48-56(52-66)50-65(4,51-57(6-2)58-24-19-16-20-25-58)64(73)67-53-55-22-17-15-18-23-55)47-54(3)62(71)84-46-45-82-44-43-81-42-41-80-40-39-79-38-37-78-36-35-77-34-33-76-32-31-75-30-29-74-28-26-68/h15-20,22-25,54,56-57,59-60,68H,5-14,21,26-51,53H2,1-4H3,(H,67,73)(H,69,70). The number of aliphatic hydroxyl groups is 1. The van der Waals surface area contributed by atoms with Gasteiger partial charge in [0.2, 0.25) is 5.91 Å². The minimum atomic E-state index is -1.17. The molecule has 0 radical (unpaired) electrons. The van der Waals surface area contributed by atoms with Gasteiger partial charge in [-0.3, -0.25) is 19.2 Å². The van der Waals surface area contributed by atoms with Crippen molar-refractivity contribution in [2.24, 2.45) is 29.1 Å². The van der Waals surface area contributed by atoms with Crippen molar-refractivity contribution in [3.05, 3.63) is 71.8 Å². The average Bonchev–Trinajstić information content (AvgIpc) is 3.71. The fourth-order valence-electron chi connectivity index (χ4n) is 9.70. The molecule has 478 valence electrons. The highest BCUT2D eigenvalue weighted by Gasteiger charge is 2.40. The maximum Gasteiger partial charge on any atom is 0.308 e. The third-order valence-electron chi connectivity index (χ3n) is 14.5. The van der Waals surface area contributed by atoms with Gasteiger partial charge < -0.3 is 67.6 Å². The first kappa shape index (κ1) is 75.5. The van der Waals surface area contributed by atoms with Crippen molar-refractivity contribution in [2.75, 3.05) is 139 Å². The molecule has 0 aromatic heterocycles. The van der Waals surface area contributed by atoms with Crippen molar-refractivity contribution >= 4 is 23.8 Å². The van der Waals surface area contributed by atoms with Crippen LogP contribution >= 0.6 is 0 Å². The summed E-state index contributed by atoms with van der Waals surface area (Å²) in [7, 11) is 0. The molecule has 0 heterocycles. The normalized spacial score (nSPS) is 14.0. The number of hydrogen-bond donors (Lipinski definition) is 3. The molecule has 0 bridgehead atoms. The fourth-order valence-corrected chi connectivity index (χ4v) is 9.70. The molecule has 0 aliphatic carbocycles. The Hall–Kier alpha value is -4.59. The molecule has 2 aromatic carbocycles. The quantitative estimate of drug-likeness (QED) is 0.0412. The summed E-state index contributed by atoms with van der Waals surface area (Å²) in [6, 6.07) is 21.9. The molecule has 0 saturated heterocycles. The number of carbonyl (C=O) groups excluding carboxylic acids is 3. The number of hydrogen-bond acceptors (Lipinski definition) is 17. The largest absolute Gasteiger partial charge is 0.481 e. The zero-order valence-electron chi connectivity index (χ0n) is 51.5. The molecule has 19 nitrogen and oxygen atoms in total. The number of ether oxygens (including phenoxy) is 11. The summed E-state index contributed by atoms with van der Waals surface area (Å²) in [6.07, 6.45) is 12.2. The van der Waals surface area contributed by atoms with E-state index in [4.69, 9.17) is 57.2 Å². The van der Waals surface area contributed by atoms with E-state index in [0.717, 1.165) is 36.8 Å². The third-order valence-corrected chi connectivity index (χ3v) is 14.5. The maximum atomic E-state index is 14.3. The summed E-state index contributed by atoms with van der Waals surface area (Å²) in [5, 5.41) is 33.1. The van der Waals surface area contributed by atoms with E-state index < -0.39 is 47.0 Å². The van der Waals surface area contributed by atoms with E-state index in [1.807, 2.05) is 67.6 Å². The molecule has 3 N–H and O–H groups in total. The van der Waals surface area contributed by atoms with Crippen molar-refractivity contribution < 1.29 is 81.5 Å². The Morgan fingerprint density at radius 2 is 0.952 bits per heavy atom. The number of carbonyl (C=O) groups is 4. The Kier molecular flexibility index (Phi) is 46.4. The van der Waals surface area contributed by atoms with Crippen molar-refractivity contribution in [3.63, 3.8) is 0 Å². The molecule has 2 aromatic rings. The van der Waals surface area contributed by atoms with E-state index in [9.17, 15) is 29.5 Å². The van der Waals surface area contributed by atoms with E-state index in [1.165, 1.54) is 38.5 Å². The lowest BCUT2D eigenvalue weighted by Gasteiger charge is -2.34. The van der Waals surface area contributed by atoms with Crippen LogP contribution in [0.5, 0.6) is 0 Å². The Labute approximate surface area is 502 Å². The molecule has 0 spiro atoms. The van der Waals surface area contributed by atoms with Gasteiger partial charge >= 0.3 is 17.9 Å². The first-order valence-corrected chi connectivity index (χ1v) is 31.1. The molecule has 6 atom stereocenters. The minimum absolute atomic E-state index is 0.00179. The summed E-state index contributed by atoms with van der Waals surface area (Å²) in [5.41, 5.74) is 0.960. The van der Waals surface area contributed by atoms with Crippen LogP contribution in [0.15, 0.2) is 60.7 Å². The molecule has 6 unspecified atom stereocenters. The SMILES string of the molecule is CCCCCCCCCCCCOC(=O)C(CC(C)C(=O)OCCOCCOCCOCCOCCOCCOCCOCCOCCOCCO)CC(CC(C#N)CC(C)(CC(CC)c1ccccc1)C(=O)NCc1ccccc1)C(=O)O. The van der Waals surface area contributed by atoms with Crippen LogP contribution in [0.1, 0.15) is 147 Å². The summed E-state index contributed by atoms with van der Waals surface area (Å²) < 4.78 is 60.5. The van der Waals surface area contributed by atoms with E-state index >= 15 is 0 Å². The molecule has 0 aliphatic heterocycles.